The second-order valence-electron chi connectivity index (χ2n) is 4.73. The zero-order valence-corrected chi connectivity index (χ0v) is 12.5. The fourth-order valence-electron chi connectivity index (χ4n) is 1.84. The lowest BCUT2D eigenvalue weighted by Crippen LogP contribution is -2.36. The van der Waals surface area contributed by atoms with E-state index >= 15 is 0 Å². The normalized spacial score (nSPS) is 11.5. The molecule has 1 heterocycles. The number of para-hydroxylation sites is 2. The standard InChI is InChI=1S/C16H18N2O4/c1-11(16(20)17-10-13-6-5-9-21-13)22-15-8-4-3-7-14(15)18-12(2)19/h3-9,11H,10H2,1-2H3,(H,17,20)(H,18,19)/t11-/m0/s1. The predicted octanol–water partition coefficient (Wildman–Crippen LogP) is 2.32. The van der Waals surface area contributed by atoms with Gasteiger partial charge in [0, 0.05) is 6.92 Å². The van der Waals surface area contributed by atoms with Gasteiger partial charge in [-0.05, 0) is 31.2 Å². The summed E-state index contributed by atoms with van der Waals surface area (Å²) in [6, 6.07) is 10.5. The van der Waals surface area contributed by atoms with E-state index in [9.17, 15) is 9.59 Å². The van der Waals surface area contributed by atoms with Crippen LogP contribution in [0.2, 0.25) is 0 Å². The zero-order valence-electron chi connectivity index (χ0n) is 12.5. The Morgan fingerprint density at radius 1 is 1.23 bits per heavy atom. The maximum atomic E-state index is 12.0. The number of amides is 2. The molecule has 1 aromatic carbocycles. The minimum atomic E-state index is -0.704. The predicted molar refractivity (Wildman–Crippen MR) is 81.4 cm³/mol. The van der Waals surface area contributed by atoms with Gasteiger partial charge in [-0.25, -0.2) is 0 Å². The molecule has 22 heavy (non-hydrogen) atoms. The van der Waals surface area contributed by atoms with Crippen LogP contribution in [0.1, 0.15) is 19.6 Å². The summed E-state index contributed by atoms with van der Waals surface area (Å²) in [7, 11) is 0. The van der Waals surface area contributed by atoms with E-state index in [1.54, 1.807) is 49.6 Å². The molecule has 0 saturated carbocycles. The van der Waals surface area contributed by atoms with E-state index in [0.717, 1.165) is 0 Å². The molecule has 1 atom stereocenters. The van der Waals surface area contributed by atoms with Crippen LogP contribution in [0.3, 0.4) is 0 Å². The van der Waals surface area contributed by atoms with Crippen LogP contribution >= 0.6 is 0 Å². The van der Waals surface area contributed by atoms with Gasteiger partial charge >= 0.3 is 0 Å². The van der Waals surface area contributed by atoms with Crippen molar-refractivity contribution < 1.29 is 18.7 Å². The lowest BCUT2D eigenvalue weighted by Gasteiger charge is -2.17. The number of carbonyl (C=O) groups is 2. The third kappa shape index (κ3) is 4.37. The number of rotatable bonds is 6. The first-order chi connectivity index (χ1) is 10.6. The summed E-state index contributed by atoms with van der Waals surface area (Å²) in [4.78, 5) is 23.2. The number of ether oxygens (including phenoxy) is 1. The van der Waals surface area contributed by atoms with Crippen LogP contribution in [0, 0.1) is 0 Å². The van der Waals surface area contributed by atoms with Crippen molar-refractivity contribution in [3.8, 4) is 5.75 Å². The smallest absolute Gasteiger partial charge is 0.261 e. The van der Waals surface area contributed by atoms with Gasteiger partial charge in [0.05, 0.1) is 18.5 Å². The number of hydrogen-bond acceptors (Lipinski definition) is 4. The van der Waals surface area contributed by atoms with Gasteiger partial charge < -0.3 is 19.8 Å². The molecule has 116 valence electrons. The van der Waals surface area contributed by atoms with Crippen LogP contribution in [0.25, 0.3) is 0 Å². The van der Waals surface area contributed by atoms with Crippen LogP contribution in [0.4, 0.5) is 5.69 Å². The summed E-state index contributed by atoms with van der Waals surface area (Å²) in [5.74, 6) is 0.637. The topological polar surface area (TPSA) is 80.6 Å². The molecule has 6 heteroatoms. The molecule has 0 fully saturated rings. The molecule has 2 aromatic rings. The van der Waals surface area contributed by atoms with Crippen LogP contribution in [0.15, 0.2) is 47.1 Å². The van der Waals surface area contributed by atoms with E-state index in [1.807, 2.05) is 0 Å². The van der Waals surface area contributed by atoms with E-state index in [0.29, 0.717) is 23.7 Å². The Labute approximate surface area is 128 Å². The Morgan fingerprint density at radius 2 is 2.00 bits per heavy atom. The molecule has 0 unspecified atom stereocenters. The van der Waals surface area contributed by atoms with Crippen molar-refractivity contribution in [3.05, 3.63) is 48.4 Å². The molecule has 2 amide bonds. The molecule has 0 radical (unpaired) electrons. The van der Waals surface area contributed by atoms with E-state index in [-0.39, 0.29) is 11.8 Å². The van der Waals surface area contributed by atoms with Crippen molar-refractivity contribution >= 4 is 17.5 Å². The van der Waals surface area contributed by atoms with Crippen LogP contribution in [-0.4, -0.2) is 17.9 Å². The molecule has 2 N–H and O–H groups in total. The van der Waals surface area contributed by atoms with Gasteiger partial charge in [-0.2, -0.15) is 0 Å². The van der Waals surface area contributed by atoms with Crippen molar-refractivity contribution in [1.82, 2.24) is 5.32 Å². The highest BCUT2D eigenvalue weighted by Crippen LogP contribution is 2.24. The molecule has 1 aromatic heterocycles. The molecule has 6 nitrogen and oxygen atoms in total. The molecular formula is C16H18N2O4. The van der Waals surface area contributed by atoms with E-state index < -0.39 is 6.10 Å². The fraction of sp³-hybridized carbons (Fsp3) is 0.250. The monoisotopic (exact) mass is 302 g/mol. The van der Waals surface area contributed by atoms with Crippen LogP contribution < -0.4 is 15.4 Å². The third-order valence-corrected chi connectivity index (χ3v) is 2.89. The van der Waals surface area contributed by atoms with E-state index in [1.165, 1.54) is 6.92 Å². The molecular weight excluding hydrogens is 284 g/mol. The summed E-state index contributed by atoms with van der Waals surface area (Å²) in [5.41, 5.74) is 0.528. The molecule has 0 aliphatic heterocycles. The average Bonchev–Trinajstić information content (AvgIpc) is 2.99. The first-order valence-electron chi connectivity index (χ1n) is 6.89. The number of furan rings is 1. The van der Waals surface area contributed by atoms with Crippen LogP contribution in [-0.2, 0) is 16.1 Å². The van der Waals surface area contributed by atoms with E-state index in [2.05, 4.69) is 10.6 Å². The highest BCUT2D eigenvalue weighted by atomic mass is 16.5. The van der Waals surface area contributed by atoms with Crippen LogP contribution in [0.5, 0.6) is 5.75 Å². The van der Waals surface area contributed by atoms with Gasteiger partial charge in [-0.3, -0.25) is 9.59 Å². The zero-order chi connectivity index (χ0) is 15.9. The van der Waals surface area contributed by atoms with Gasteiger partial charge in [-0.1, -0.05) is 12.1 Å². The van der Waals surface area contributed by atoms with Crippen molar-refractivity contribution in [2.75, 3.05) is 5.32 Å². The van der Waals surface area contributed by atoms with Crippen molar-refractivity contribution in [1.29, 1.82) is 0 Å². The maximum absolute atomic E-state index is 12.0. The second-order valence-corrected chi connectivity index (χ2v) is 4.73. The number of nitrogens with one attached hydrogen (secondary N) is 2. The molecule has 0 saturated heterocycles. The van der Waals surface area contributed by atoms with Crippen molar-refractivity contribution in [2.24, 2.45) is 0 Å². The first-order valence-corrected chi connectivity index (χ1v) is 6.89. The van der Waals surface area contributed by atoms with Gasteiger partial charge in [0.15, 0.2) is 6.10 Å². The molecule has 0 aliphatic rings. The maximum Gasteiger partial charge on any atom is 0.261 e. The summed E-state index contributed by atoms with van der Waals surface area (Å²) >= 11 is 0. The summed E-state index contributed by atoms with van der Waals surface area (Å²) in [6.45, 7) is 3.35. The molecule has 0 aliphatic carbocycles. The Bertz CT molecular complexity index is 637. The number of benzene rings is 1. The number of carbonyl (C=O) groups excluding carboxylic acids is 2. The van der Waals surface area contributed by atoms with Gasteiger partial charge in [-0.15, -0.1) is 0 Å². The fourth-order valence-corrected chi connectivity index (χ4v) is 1.84. The number of hydrogen-bond donors (Lipinski definition) is 2. The van der Waals surface area contributed by atoms with E-state index in [4.69, 9.17) is 9.15 Å². The van der Waals surface area contributed by atoms with Crippen molar-refractivity contribution in [2.45, 2.75) is 26.5 Å². The van der Waals surface area contributed by atoms with Gasteiger partial charge in [0.2, 0.25) is 5.91 Å². The highest BCUT2D eigenvalue weighted by Gasteiger charge is 2.16. The SMILES string of the molecule is CC(=O)Nc1ccccc1O[C@@H](C)C(=O)NCc1ccco1. The summed E-state index contributed by atoms with van der Waals surface area (Å²) < 4.78 is 10.8. The molecule has 0 bridgehead atoms. The quantitative estimate of drug-likeness (QED) is 0.858. The highest BCUT2D eigenvalue weighted by molar-refractivity contribution is 5.90. The second kappa shape index (κ2) is 7.31. The Kier molecular flexibility index (Phi) is 5.19. The lowest BCUT2D eigenvalue weighted by molar-refractivity contribution is -0.127. The van der Waals surface area contributed by atoms with Gasteiger partial charge in [0.1, 0.15) is 11.5 Å². The lowest BCUT2D eigenvalue weighted by atomic mass is 10.2. The largest absolute Gasteiger partial charge is 0.479 e. The average molecular weight is 302 g/mol. The number of anilines is 1. The minimum absolute atomic E-state index is 0.203. The molecule has 0 spiro atoms. The molecule has 2 rings (SSSR count). The van der Waals surface area contributed by atoms with Gasteiger partial charge in [0.25, 0.3) is 5.91 Å². The van der Waals surface area contributed by atoms with Crippen molar-refractivity contribution in [3.63, 3.8) is 0 Å². The summed E-state index contributed by atoms with van der Waals surface area (Å²) in [6.07, 6.45) is 0.843. The third-order valence-electron chi connectivity index (χ3n) is 2.89. The Morgan fingerprint density at radius 3 is 2.68 bits per heavy atom. The summed E-state index contributed by atoms with van der Waals surface area (Å²) in [5, 5.41) is 5.38. The Hall–Kier alpha value is -2.76. The first kappa shape index (κ1) is 15.6. The minimum Gasteiger partial charge on any atom is -0.479 e. The Balaban J connectivity index is 1.94.